The number of nitrogens with one attached hydrogen (secondary N) is 2. The lowest BCUT2D eigenvalue weighted by atomic mass is 9.77. The number of hydrogen-bond acceptors (Lipinski definition) is 2. The van der Waals surface area contributed by atoms with E-state index >= 15 is 0 Å². The molecule has 2 saturated heterocycles. The van der Waals surface area contributed by atoms with Crippen molar-refractivity contribution in [1.29, 1.82) is 0 Å². The molecule has 0 aliphatic carbocycles. The first kappa shape index (κ1) is 11.3. The molecule has 1 aromatic heterocycles. The molecule has 3 rings (SSSR count). The Kier molecular flexibility index (Phi) is 2.61. The Hall–Kier alpha value is -1.78. The first-order chi connectivity index (χ1) is 8.71. The molecule has 2 amide bonds. The first-order valence-corrected chi connectivity index (χ1v) is 6.42. The van der Waals surface area contributed by atoms with E-state index in [0.29, 0.717) is 18.7 Å². The number of carbonyl (C=O) groups excluding carboxylic acids is 2. The zero-order valence-corrected chi connectivity index (χ0v) is 10.2. The largest absolute Gasteiger partial charge is 0.367 e. The normalized spacial score (nSPS) is 22.2. The SMILES string of the molecule is O=C(c1cc[nH]c1)N1CCC2(CCNC2=O)CC1. The fourth-order valence-electron chi connectivity index (χ4n) is 2.97. The predicted octanol–water partition coefficient (Wildman–Crippen LogP) is 0.757. The summed E-state index contributed by atoms with van der Waals surface area (Å²) in [5.41, 5.74) is 0.497. The molecule has 2 N–H and O–H groups in total. The van der Waals surface area contributed by atoms with Crippen LogP contribution in [-0.4, -0.2) is 41.3 Å². The number of rotatable bonds is 1. The number of hydrogen-bond donors (Lipinski definition) is 2. The molecule has 5 nitrogen and oxygen atoms in total. The van der Waals surface area contributed by atoms with E-state index in [1.165, 1.54) is 0 Å². The van der Waals surface area contributed by atoms with Crippen LogP contribution in [0.4, 0.5) is 0 Å². The molecule has 0 bridgehead atoms. The minimum absolute atomic E-state index is 0.0597. The van der Waals surface area contributed by atoms with Gasteiger partial charge < -0.3 is 15.2 Å². The second-order valence-corrected chi connectivity index (χ2v) is 5.18. The summed E-state index contributed by atoms with van der Waals surface area (Å²) in [6.07, 6.45) is 5.96. The lowest BCUT2D eigenvalue weighted by Crippen LogP contribution is -2.46. The summed E-state index contributed by atoms with van der Waals surface area (Å²) in [6, 6.07) is 1.79. The van der Waals surface area contributed by atoms with Crippen LogP contribution in [0.25, 0.3) is 0 Å². The Morgan fingerprint density at radius 1 is 1.28 bits per heavy atom. The molecule has 1 aromatic rings. The fraction of sp³-hybridized carbons (Fsp3) is 0.538. The van der Waals surface area contributed by atoms with Gasteiger partial charge in [0.2, 0.25) is 5.91 Å². The summed E-state index contributed by atoms with van der Waals surface area (Å²) in [7, 11) is 0. The second kappa shape index (κ2) is 4.15. The van der Waals surface area contributed by atoms with Crippen LogP contribution < -0.4 is 5.32 Å². The molecule has 0 radical (unpaired) electrons. The molecule has 0 saturated carbocycles. The number of carbonyl (C=O) groups is 2. The average molecular weight is 247 g/mol. The predicted molar refractivity (Wildman–Crippen MR) is 66.0 cm³/mol. The maximum atomic E-state index is 12.2. The van der Waals surface area contributed by atoms with Crippen LogP contribution in [0.3, 0.4) is 0 Å². The number of H-pyrrole nitrogens is 1. The van der Waals surface area contributed by atoms with Crippen LogP contribution in [0.15, 0.2) is 18.5 Å². The lowest BCUT2D eigenvalue weighted by molar-refractivity contribution is -0.129. The molecule has 5 heteroatoms. The molecule has 18 heavy (non-hydrogen) atoms. The molecule has 1 spiro atoms. The van der Waals surface area contributed by atoms with E-state index in [1.54, 1.807) is 18.5 Å². The van der Waals surface area contributed by atoms with Gasteiger partial charge in [0.15, 0.2) is 0 Å². The van der Waals surface area contributed by atoms with E-state index in [9.17, 15) is 9.59 Å². The van der Waals surface area contributed by atoms with Crippen LogP contribution in [0.2, 0.25) is 0 Å². The molecular formula is C13H17N3O2. The van der Waals surface area contributed by atoms with E-state index < -0.39 is 0 Å². The van der Waals surface area contributed by atoms with Gasteiger partial charge in [-0.15, -0.1) is 0 Å². The highest BCUT2D eigenvalue weighted by atomic mass is 16.2. The molecule has 0 aromatic carbocycles. The molecule has 96 valence electrons. The number of amides is 2. The zero-order valence-electron chi connectivity index (χ0n) is 10.2. The third kappa shape index (κ3) is 1.70. The Morgan fingerprint density at radius 3 is 2.61 bits per heavy atom. The topological polar surface area (TPSA) is 65.2 Å². The number of aromatic amines is 1. The van der Waals surface area contributed by atoms with E-state index in [2.05, 4.69) is 10.3 Å². The van der Waals surface area contributed by atoms with Gasteiger partial charge in [-0.05, 0) is 25.3 Å². The van der Waals surface area contributed by atoms with Gasteiger partial charge >= 0.3 is 0 Å². The Morgan fingerprint density at radius 2 is 2.06 bits per heavy atom. The van der Waals surface area contributed by atoms with Crippen molar-refractivity contribution < 1.29 is 9.59 Å². The Bertz CT molecular complexity index is 459. The Labute approximate surface area is 106 Å². The van der Waals surface area contributed by atoms with E-state index in [4.69, 9.17) is 0 Å². The number of nitrogens with zero attached hydrogens (tertiary/aromatic N) is 1. The quantitative estimate of drug-likeness (QED) is 0.769. The molecule has 3 heterocycles. The third-order valence-electron chi connectivity index (χ3n) is 4.22. The minimum atomic E-state index is -0.199. The van der Waals surface area contributed by atoms with E-state index in [0.717, 1.165) is 25.8 Å². The van der Waals surface area contributed by atoms with Gasteiger partial charge in [0.25, 0.3) is 5.91 Å². The maximum Gasteiger partial charge on any atom is 0.255 e. The summed E-state index contributed by atoms with van der Waals surface area (Å²) in [5, 5.41) is 2.90. The summed E-state index contributed by atoms with van der Waals surface area (Å²) >= 11 is 0. The number of piperidine rings is 1. The molecular weight excluding hydrogens is 230 g/mol. The maximum absolute atomic E-state index is 12.2. The van der Waals surface area contributed by atoms with Crippen molar-refractivity contribution in [3.05, 3.63) is 24.0 Å². The summed E-state index contributed by atoms with van der Waals surface area (Å²) in [4.78, 5) is 28.7. The third-order valence-corrected chi connectivity index (χ3v) is 4.22. The van der Waals surface area contributed by atoms with Gasteiger partial charge in [-0.25, -0.2) is 0 Å². The summed E-state index contributed by atoms with van der Waals surface area (Å²) < 4.78 is 0. The van der Waals surface area contributed by atoms with Crippen LogP contribution in [0.5, 0.6) is 0 Å². The minimum Gasteiger partial charge on any atom is -0.367 e. The summed E-state index contributed by atoms with van der Waals surface area (Å²) in [5.74, 6) is 0.237. The van der Waals surface area contributed by atoms with Crippen LogP contribution in [0.1, 0.15) is 29.6 Å². The van der Waals surface area contributed by atoms with Crippen molar-refractivity contribution in [2.75, 3.05) is 19.6 Å². The van der Waals surface area contributed by atoms with Crippen molar-refractivity contribution in [2.24, 2.45) is 5.41 Å². The number of aromatic nitrogens is 1. The summed E-state index contributed by atoms with van der Waals surface area (Å²) in [6.45, 7) is 2.14. The molecule has 0 atom stereocenters. The first-order valence-electron chi connectivity index (χ1n) is 6.42. The highest BCUT2D eigenvalue weighted by molar-refractivity contribution is 5.94. The van der Waals surface area contributed by atoms with Crippen LogP contribution in [-0.2, 0) is 4.79 Å². The molecule has 2 fully saturated rings. The smallest absolute Gasteiger partial charge is 0.255 e. The van der Waals surface area contributed by atoms with Crippen molar-refractivity contribution in [3.63, 3.8) is 0 Å². The van der Waals surface area contributed by atoms with Crippen LogP contribution in [0, 0.1) is 5.41 Å². The second-order valence-electron chi connectivity index (χ2n) is 5.18. The van der Waals surface area contributed by atoms with Gasteiger partial charge in [0.1, 0.15) is 0 Å². The van der Waals surface area contributed by atoms with Gasteiger partial charge in [-0.1, -0.05) is 0 Å². The van der Waals surface area contributed by atoms with Crippen molar-refractivity contribution in [3.8, 4) is 0 Å². The standard InChI is InChI=1S/C13H17N3O2/c17-11(10-1-5-14-9-10)16-7-3-13(4-8-16)2-6-15-12(13)18/h1,5,9,14H,2-4,6-8H2,(H,15,18). The van der Waals surface area contributed by atoms with E-state index in [1.807, 2.05) is 4.90 Å². The van der Waals surface area contributed by atoms with E-state index in [-0.39, 0.29) is 17.2 Å². The van der Waals surface area contributed by atoms with Crippen molar-refractivity contribution >= 4 is 11.8 Å². The average Bonchev–Trinajstić information content (AvgIpc) is 3.02. The molecule has 2 aliphatic rings. The van der Waals surface area contributed by atoms with Gasteiger partial charge in [0, 0.05) is 32.0 Å². The van der Waals surface area contributed by atoms with Crippen molar-refractivity contribution in [2.45, 2.75) is 19.3 Å². The highest BCUT2D eigenvalue weighted by Crippen LogP contribution is 2.38. The Balaban J connectivity index is 1.67. The highest BCUT2D eigenvalue weighted by Gasteiger charge is 2.44. The van der Waals surface area contributed by atoms with Crippen LogP contribution >= 0.6 is 0 Å². The van der Waals surface area contributed by atoms with Gasteiger partial charge in [-0.3, -0.25) is 9.59 Å². The monoisotopic (exact) mass is 247 g/mol. The lowest BCUT2D eigenvalue weighted by Gasteiger charge is -2.37. The molecule has 0 unspecified atom stereocenters. The zero-order chi connectivity index (χ0) is 12.6. The number of likely N-dealkylation sites (tertiary alicyclic amines) is 1. The van der Waals surface area contributed by atoms with Crippen molar-refractivity contribution in [1.82, 2.24) is 15.2 Å². The molecule has 2 aliphatic heterocycles. The van der Waals surface area contributed by atoms with Gasteiger partial charge in [-0.2, -0.15) is 0 Å². The fourth-order valence-corrected chi connectivity index (χ4v) is 2.97. The van der Waals surface area contributed by atoms with Gasteiger partial charge in [0.05, 0.1) is 11.0 Å².